The van der Waals surface area contributed by atoms with Crippen molar-refractivity contribution in [2.24, 2.45) is 5.73 Å². The van der Waals surface area contributed by atoms with Crippen LogP contribution >= 0.6 is 0 Å². The lowest BCUT2D eigenvalue weighted by Crippen LogP contribution is -2.10. The lowest BCUT2D eigenvalue weighted by atomic mass is 10.2. The van der Waals surface area contributed by atoms with Crippen LogP contribution in [0.5, 0.6) is 11.5 Å². The van der Waals surface area contributed by atoms with E-state index in [1.807, 2.05) is 0 Å². The summed E-state index contributed by atoms with van der Waals surface area (Å²) in [5.41, 5.74) is 4.52. The van der Waals surface area contributed by atoms with E-state index in [2.05, 4.69) is 5.73 Å². The van der Waals surface area contributed by atoms with Crippen LogP contribution in [0.4, 0.5) is 0 Å². The van der Waals surface area contributed by atoms with Gasteiger partial charge in [0, 0.05) is 0 Å². The Hall–Kier alpha value is -2.28. The highest BCUT2D eigenvalue weighted by Gasteiger charge is 2.05. The summed E-state index contributed by atoms with van der Waals surface area (Å²) < 4.78 is 0. The van der Waals surface area contributed by atoms with Gasteiger partial charge in [-0.1, -0.05) is 0 Å². The molecule has 0 saturated carbocycles. The number of carboxylic acids is 2. The highest BCUT2D eigenvalue weighted by molar-refractivity contribution is 5.88. The van der Waals surface area contributed by atoms with Crippen molar-refractivity contribution in [1.82, 2.24) is 0 Å². The lowest BCUT2D eigenvalue weighted by molar-refractivity contribution is -0.135. The topological polar surface area (TPSA) is 141 Å². The standard InChI is InChI=1S/C7H6O4.C2H5NO2/c8-5-2-1-4(7(10)11)3-6(5)9;3-1-2(4)5/h1-3,8-9H,(H,10,11);1,3H2,(H,4,5). The number of hydrogen-bond donors (Lipinski definition) is 5. The molecule has 88 valence electrons. The van der Waals surface area contributed by atoms with Crippen molar-refractivity contribution in [3.05, 3.63) is 23.8 Å². The predicted molar refractivity (Wildman–Crippen MR) is 53.4 cm³/mol. The molecular formula is C9H11NO6. The zero-order valence-corrected chi connectivity index (χ0v) is 8.12. The Balaban J connectivity index is 0.000000385. The SMILES string of the molecule is NCC(=O)O.O=C(O)c1ccc(O)c(O)c1. The number of nitrogens with two attached hydrogens (primary N) is 1. The Morgan fingerprint density at radius 2 is 1.62 bits per heavy atom. The number of aromatic carboxylic acids is 1. The molecule has 0 spiro atoms. The minimum Gasteiger partial charge on any atom is -0.504 e. The maximum absolute atomic E-state index is 10.3. The average Bonchev–Trinajstić information content (AvgIpc) is 2.22. The fraction of sp³-hybridized carbons (Fsp3) is 0.111. The van der Waals surface area contributed by atoms with Gasteiger partial charge < -0.3 is 26.2 Å². The minimum absolute atomic E-state index is 0.0553. The first-order valence-corrected chi connectivity index (χ1v) is 4.05. The second kappa shape index (κ2) is 6.25. The smallest absolute Gasteiger partial charge is 0.335 e. The quantitative estimate of drug-likeness (QED) is 0.443. The summed E-state index contributed by atoms with van der Waals surface area (Å²) in [6.45, 7) is -0.278. The van der Waals surface area contributed by atoms with Gasteiger partial charge >= 0.3 is 11.9 Å². The first kappa shape index (κ1) is 13.7. The van der Waals surface area contributed by atoms with Crippen molar-refractivity contribution in [2.75, 3.05) is 6.54 Å². The third-order valence-corrected chi connectivity index (χ3v) is 1.40. The first-order valence-electron chi connectivity index (χ1n) is 4.05. The number of aromatic hydroxyl groups is 2. The molecule has 1 aromatic carbocycles. The summed E-state index contributed by atoms with van der Waals surface area (Å²) in [4.78, 5) is 19.5. The largest absolute Gasteiger partial charge is 0.504 e. The molecule has 0 aliphatic carbocycles. The zero-order chi connectivity index (χ0) is 12.7. The Kier molecular flexibility index (Phi) is 5.36. The summed E-state index contributed by atoms with van der Waals surface area (Å²) in [5.74, 6) is -2.86. The maximum Gasteiger partial charge on any atom is 0.335 e. The second-order valence-corrected chi connectivity index (χ2v) is 2.61. The summed E-state index contributed by atoms with van der Waals surface area (Å²) in [6.07, 6.45) is 0. The van der Waals surface area contributed by atoms with Crippen molar-refractivity contribution in [3.63, 3.8) is 0 Å². The van der Waals surface area contributed by atoms with Gasteiger partial charge in [0.15, 0.2) is 11.5 Å². The Labute approximate surface area is 90.4 Å². The van der Waals surface area contributed by atoms with E-state index in [0.29, 0.717) is 0 Å². The van der Waals surface area contributed by atoms with Gasteiger partial charge in [-0.25, -0.2) is 4.79 Å². The molecule has 0 aromatic heterocycles. The number of benzene rings is 1. The number of carboxylic acid groups (broad SMARTS) is 2. The van der Waals surface area contributed by atoms with E-state index >= 15 is 0 Å². The molecular weight excluding hydrogens is 218 g/mol. The molecule has 0 saturated heterocycles. The van der Waals surface area contributed by atoms with Crippen LogP contribution in [0.1, 0.15) is 10.4 Å². The normalized spacial score (nSPS) is 8.81. The van der Waals surface area contributed by atoms with Crippen LogP contribution in [0.25, 0.3) is 0 Å². The van der Waals surface area contributed by atoms with E-state index in [0.717, 1.165) is 12.1 Å². The molecule has 7 nitrogen and oxygen atoms in total. The zero-order valence-electron chi connectivity index (χ0n) is 8.12. The highest BCUT2D eigenvalue weighted by atomic mass is 16.4. The third-order valence-electron chi connectivity index (χ3n) is 1.40. The molecule has 1 rings (SSSR count). The second-order valence-electron chi connectivity index (χ2n) is 2.61. The van der Waals surface area contributed by atoms with E-state index in [-0.39, 0.29) is 17.9 Å². The van der Waals surface area contributed by atoms with Gasteiger partial charge in [0.25, 0.3) is 0 Å². The van der Waals surface area contributed by atoms with Gasteiger partial charge in [-0.3, -0.25) is 4.79 Å². The molecule has 0 aliphatic rings. The molecule has 0 atom stereocenters. The molecule has 0 aliphatic heterocycles. The molecule has 0 bridgehead atoms. The summed E-state index contributed by atoms with van der Waals surface area (Å²) in [5, 5.41) is 33.6. The van der Waals surface area contributed by atoms with Crippen LogP contribution in [0, 0.1) is 0 Å². The van der Waals surface area contributed by atoms with Gasteiger partial charge in [-0.15, -0.1) is 0 Å². The van der Waals surface area contributed by atoms with Crippen LogP contribution in [0.15, 0.2) is 18.2 Å². The van der Waals surface area contributed by atoms with Crippen LogP contribution in [0.2, 0.25) is 0 Å². The maximum atomic E-state index is 10.3. The monoisotopic (exact) mass is 229 g/mol. The van der Waals surface area contributed by atoms with Gasteiger partial charge in [0.2, 0.25) is 0 Å². The molecule has 1 aromatic rings. The van der Waals surface area contributed by atoms with E-state index in [1.165, 1.54) is 6.07 Å². The molecule has 6 N–H and O–H groups in total. The molecule has 0 heterocycles. The summed E-state index contributed by atoms with van der Waals surface area (Å²) >= 11 is 0. The van der Waals surface area contributed by atoms with Crippen molar-refractivity contribution in [2.45, 2.75) is 0 Å². The first-order chi connectivity index (χ1) is 7.38. The van der Waals surface area contributed by atoms with Crippen molar-refractivity contribution in [1.29, 1.82) is 0 Å². The van der Waals surface area contributed by atoms with Crippen molar-refractivity contribution >= 4 is 11.9 Å². The van der Waals surface area contributed by atoms with Crippen molar-refractivity contribution in [3.8, 4) is 11.5 Å². The molecule has 0 radical (unpaired) electrons. The van der Waals surface area contributed by atoms with Gasteiger partial charge in [-0.2, -0.15) is 0 Å². The number of aliphatic carboxylic acids is 1. The fourth-order valence-electron chi connectivity index (χ4n) is 0.656. The number of rotatable bonds is 2. The number of carbonyl (C=O) groups is 2. The average molecular weight is 229 g/mol. The highest BCUT2D eigenvalue weighted by Crippen LogP contribution is 2.24. The molecule has 7 heteroatoms. The Morgan fingerprint density at radius 3 is 1.94 bits per heavy atom. The van der Waals surface area contributed by atoms with Gasteiger partial charge in [0.05, 0.1) is 12.1 Å². The van der Waals surface area contributed by atoms with Gasteiger partial charge in [-0.05, 0) is 18.2 Å². The number of phenols is 2. The van der Waals surface area contributed by atoms with E-state index < -0.39 is 17.7 Å². The van der Waals surface area contributed by atoms with Crippen molar-refractivity contribution < 1.29 is 30.0 Å². The van der Waals surface area contributed by atoms with Gasteiger partial charge in [0.1, 0.15) is 0 Å². The third kappa shape index (κ3) is 4.82. The summed E-state index contributed by atoms with van der Waals surface area (Å²) in [7, 11) is 0. The predicted octanol–water partition coefficient (Wildman–Crippen LogP) is -0.174. The van der Waals surface area contributed by atoms with Crippen LogP contribution in [-0.2, 0) is 4.79 Å². The number of hydrogen-bond acceptors (Lipinski definition) is 5. The lowest BCUT2D eigenvalue weighted by Gasteiger charge is -1.97. The fourth-order valence-corrected chi connectivity index (χ4v) is 0.656. The minimum atomic E-state index is -1.14. The van der Waals surface area contributed by atoms with Crippen LogP contribution in [-0.4, -0.2) is 38.9 Å². The Bertz CT molecular complexity index is 390. The molecule has 0 amide bonds. The number of phenolic OH excluding ortho intramolecular Hbond substituents is 2. The van der Waals surface area contributed by atoms with Crippen LogP contribution < -0.4 is 5.73 Å². The summed E-state index contributed by atoms with van der Waals surface area (Å²) in [6, 6.07) is 3.31. The Morgan fingerprint density at radius 1 is 1.12 bits per heavy atom. The van der Waals surface area contributed by atoms with E-state index in [1.54, 1.807) is 0 Å². The van der Waals surface area contributed by atoms with E-state index in [9.17, 15) is 9.59 Å². The molecule has 0 fully saturated rings. The van der Waals surface area contributed by atoms with E-state index in [4.69, 9.17) is 20.4 Å². The molecule has 16 heavy (non-hydrogen) atoms. The molecule has 0 unspecified atom stereocenters. The van der Waals surface area contributed by atoms with Crippen LogP contribution in [0.3, 0.4) is 0 Å².